The van der Waals surface area contributed by atoms with Crippen molar-refractivity contribution in [1.29, 1.82) is 0 Å². The Morgan fingerprint density at radius 3 is 2.46 bits per heavy atom. The summed E-state index contributed by atoms with van der Waals surface area (Å²) in [4.78, 5) is 16.8. The molecule has 28 heavy (non-hydrogen) atoms. The summed E-state index contributed by atoms with van der Waals surface area (Å²) in [5.74, 6) is 1.87. The summed E-state index contributed by atoms with van der Waals surface area (Å²) in [6.07, 6.45) is 1.73. The molecule has 0 radical (unpaired) electrons. The topological polar surface area (TPSA) is 65.4 Å². The van der Waals surface area contributed by atoms with Crippen LogP contribution in [0.15, 0.2) is 47.3 Å². The van der Waals surface area contributed by atoms with E-state index in [4.69, 9.17) is 9.47 Å². The summed E-state index contributed by atoms with van der Waals surface area (Å²) in [5.41, 5.74) is 4.83. The van der Waals surface area contributed by atoms with Crippen LogP contribution in [0.3, 0.4) is 0 Å². The number of ether oxygens (including phenoxy) is 2. The molecule has 4 rings (SSSR count). The molecule has 144 valence electrons. The lowest BCUT2D eigenvalue weighted by molar-refractivity contribution is 0.354. The van der Waals surface area contributed by atoms with Crippen molar-refractivity contribution in [3.63, 3.8) is 0 Å². The van der Waals surface area contributed by atoms with Crippen LogP contribution in [0.25, 0.3) is 11.3 Å². The van der Waals surface area contributed by atoms with Crippen molar-refractivity contribution >= 4 is 11.5 Å². The van der Waals surface area contributed by atoms with E-state index in [-0.39, 0.29) is 5.69 Å². The third kappa shape index (κ3) is 3.22. The number of rotatable bonds is 5. The molecule has 0 bridgehead atoms. The molecule has 1 aromatic heterocycles. The van der Waals surface area contributed by atoms with Crippen LogP contribution >= 0.6 is 0 Å². The standard InChI is InChI=1S/C22H23N3O3/c1-4-14-5-7-16(8-6-14)23-21-13-18-17-12-20(28-3)19(27-2)11-15(17)9-10-25(18)22(26)24-21/h5-8,11-13H,4,9-10H2,1-3H3,(H,23,24,26). The lowest BCUT2D eigenvalue weighted by Gasteiger charge is -2.23. The number of anilines is 2. The van der Waals surface area contributed by atoms with Gasteiger partial charge in [-0.15, -0.1) is 0 Å². The zero-order valence-electron chi connectivity index (χ0n) is 16.3. The summed E-state index contributed by atoms with van der Waals surface area (Å²) in [6, 6.07) is 14.0. The van der Waals surface area contributed by atoms with Crippen LogP contribution in [0.1, 0.15) is 18.1 Å². The maximum atomic E-state index is 12.6. The van der Waals surface area contributed by atoms with Gasteiger partial charge in [-0.05, 0) is 48.2 Å². The van der Waals surface area contributed by atoms with Crippen LogP contribution in [0.2, 0.25) is 0 Å². The van der Waals surface area contributed by atoms with E-state index < -0.39 is 0 Å². The van der Waals surface area contributed by atoms with Gasteiger partial charge in [0.15, 0.2) is 11.5 Å². The van der Waals surface area contributed by atoms with Gasteiger partial charge < -0.3 is 14.8 Å². The largest absolute Gasteiger partial charge is 0.493 e. The molecule has 6 heteroatoms. The van der Waals surface area contributed by atoms with Crippen molar-refractivity contribution in [1.82, 2.24) is 9.55 Å². The fourth-order valence-corrected chi connectivity index (χ4v) is 3.58. The van der Waals surface area contributed by atoms with Crippen LogP contribution in [0.4, 0.5) is 11.5 Å². The van der Waals surface area contributed by atoms with Crippen molar-refractivity contribution in [2.24, 2.45) is 0 Å². The Morgan fingerprint density at radius 1 is 1.07 bits per heavy atom. The van der Waals surface area contributed by atoms with Gasteiger partial charge in [0.1, 0.15) is 5.82 Å². The Morgan fingerprint density at radius 2 is 1.79 bits per heavy atom. The van der Waals surface area contributed by atoms with Gasteiger partial charge in [-0.3, -0.25) is 4.57 Å². The Labute approximate surface area is 163 Å². The van der Waals surface area contributed by atoms with E-state index in [1.165, 1.54) is 5.56 Å². The fourth-order valence-electron chi connectivity index (χ4n) is 3.58. The molecular weight excluding hydrogens is 354 g/mol. The molecule has 2 heterocycles. The average molecular weight is 377 g/mol. The Balaban J connectivity index is 1.77. The van der Waals surface area contributed by atoms with E-state index in [9.17, 15) is 4.79 Å². The first-order valence-corrected chi connectivity index (χ1v) is 9.36. The number of hydrogen-bond donors (Lipinski definition) is 1. The van der Waals surface area contributed by atoms with Gasteiger partial charge in [0.2, 0.25) is 0 Å². The third-order valence-electron chi connectivity index (χ3n) is 5.14. The first-order valence-electron chi connectivity index (χ1n) is 9.36. The highest BCUT2D eigenvalue weighted by Crippen LogP contribution is 2.38. The van der Waals surface area contributed by atoms with Crippen LogP contribution in [0, 0.1) is 0 Å². The predicted molar refractivity (Wildman–Crippen MR) is 110 cm³/mol. The number of nitrogens with one attached hydrogen (secondary N) is 1. The SMILES string of the molecule is CCc1ccc(Nc2cc3n(c(=O)n2)CCc2cc(OC)c(OC)cc2-3)cc1. The Bertz CT molecular complexity index is 1070. The molecule has 0 amide bonds. The molecule has 1 N–H and O–H groups in total. The second-order valence-corrected chi connectivity index (χ2v) is 6.75. The Hall–Kier alpha value is -3.28. The van der Waals surface area contributed by atoms with Gasteiger partial charge >= 0.3 is 5.69 Å². The van der Waals surface area contributed by atoms with Gasteiger partial charge in [0.05, 0.1) is 19.9 Å². The summed E-state index contributed by atoms with van der Waals surface area (Å²) in [6.45, 7) is 2.71. The van der Waals surface area contributed by atoms with Crippen molar-refractivity contribution in [3.8, 4) is 22.8 Å². The zero-order valence-corrected chi connectivity index (χ0v) is 16.3. The number of aryl methyl sites for hydroxylation is 2. The van der Waals surface area contributed by atoms with Gasteiger partial charge in [0.25, 0.3) is 0 Å². The molecule has 6 nitrogen and oxygen atoms in total. The number of aromatic nitrogens is 2. The lowest BCUT2D eigenvalue weighted by Crippen LogP contribution is -2.28. The molecule has 0 atom stereocenters. The van der Waals surface area contributed by atoms with E-state index in [0.717, 1.165) is 35.3 Å². The highest BCUT2D eigenvalue weighted by atomic mass is 16.5. The normalized spacial score (nSPS) is 12.1. The minimum Gasteiger partial charge on any atom is -0.493 e. The van der Waals surface area contributed by atoms with Crippen molar-refractivity contribution in [2.45, 2.75) is 26.3 Å². The summed E-state index contributed by atoms with van der Waals surface area (Å²) >= 11 is 0. The molecule has 0 fully saturated rings. The number of hydrogen-bond acceptors (Lipinski definition) is 5. The number of methoxy groups -OCH3 is 2. The number of benzene rings is 2. The molecule has 0 saturated heterocycles. The zero-order chi connectivity index (χ0) is 19.7. The third-order valence-corrected chi connectivity index (χ3v) is 5.14. The lowest BCUT2D eigenvalue weighted by atomic mass is 9.97. The van der Waals surface area contributed by atoms with E-state index in [2.05, 4.69) is 29.4 Å². The Kier molecular flexibility index (Phi) is 4.77. The monoisotopic (exact) mass is 377 g/mol. The molecular formula is C22H23N3O3. The molecule has 3 aromatic rings. The van der Waals surface area contributed by atoms with E-state index >= 15 is 0 Å². The number of nitrogens with zero attached hydrogens (tertiary/aromatic N) is 2. The minimum absolute atomic E-state index is 0.259. The highest BCUT2D eigenvalue weighted by molar-refractivity contribution is 5.73. The molecule has 0 aliphatic carbocycles. The maximum Gasteiger partial charge on any atom is 0.350 e. The predicted octanol–water partition coefficient (Wildman–Crippen LogP) is 3.79. The van der Waals surface area contributed by atoms with Crippen molar-refractivity contribution in [3.05, 3.63) is 64.1 Å². The molecule has 1 aliphatic heterocycles. The molecule has 0 spiro atoms. The maximum absolute atomic E-state index is 12.6. The highest BCUT2D eigenvalue weighted by Gasteiger charge is 2.21. The van der Waals surface area contributed by atoms with Crippen LogP contribution in [-0.2, 0) is 19.4 Å². The number of fused-ring (bicyclic) bond motifs is 3. The summed E-state index contributed by atoms with van der Waals surface area (Å²) in [7, 11) is 3.24. The van der Waals surface area contributed by atoms with Crippen LogP contribution in [-0.4, -0.2) is 23.8 Å². The van der Waals surface area contributed by atoms with E-state index in [1.807, 2.05) is 30.3 Å². The summed E-state index contributed by atoms with van der Waals surface area (Å²) < 4.78 is 12.6. The van der Waals surface area contributed by atoms with Crippen molar-refractivity contribution < 1.29 is 9.47 Å². The second kappa shape index (κ2) is 7.38. The van der Waals surface area contributed by atoms with Gasteiger partial charge in [0, 0.05) is 23.9 Å². The first-order chi connectivity index (χ1) is 13.6. The van der Waals surface area contributed by atoms with Gasteiger partial charge in [-0.1, -0.05) is 19.1 Å². The second-order valence-electron chi connectivity index (χ2n) is 6.75. The van der Waals surface area contributed by atoms with E-state index in [1.54, 1.807) is 18.8 Å². The summed E-state index contributed by atoms with van der Waals surface area (Å²) in [5, 5.41) is 3.25. The van der Waals surface area contributed by atoms with E-state index in [0.29, 0.717) is 23.9 Å². The van der Waals surface area contributed by atoms with Crippen LogP contribution in [0.5, 0.6) is 11.5 Å². The minimum atomic E-state index is -0.259. The smallest absolute Gasteiger partial charge is 0.350 e. The first kappa shape index (κ1) is 18.1. The molecule has 0 saturated carbocycles. The van der Waals surface area contributed by atoms with Crippen LogP contribution < -0.4 is 20.5 Å². The fraction of sp³-hybridized carbons (Fsp3) is 0.273. The average Bonchev–Trinajstić information content (AvgIpc) is 2.73. The molecule has 2 aromatic carbocycles. The quantitative estimate of drug-likeness (QED) is 0.733. The van der Waals surface area contributed by atoms with Gasteiger partial charge in [-0.25, -0.2) is 4.79 Å². The molecule has 1 aliphatic rings. The molecule has 0 unspecified atom stereocenters. The van der Waals surface area contributed by atoms with Gasteiger partial charge in [-0.2, -0.15) is 4.98 Å². The van der Waals surface area contributed by atoms with Crippen molar-refractivity contribution in [2.75, 3.05) is 19.5 Å².